The maximum atomic E-state index is 12.4. The van der Waals surface area contributed by atoms with Crippen molar-refractivity contribution in [2.45, 2.75) is 100 Å². The molecule has 45 heavy (non-hydrogen) atoms. The van der Waals surface area contributed by atoms with E-state index in [1.54, 1.807) is 27.9 Å². The monoisotopic (exact) mass is 661 g/mol. The number of methoxy groups -OCH3 is 2. The molecule has 0 saturated carbocycles. The van der Waals surface area contributed by atoms with E-state index < -0.39 is 21.3 Å². The predicted octanol–water partition coefficient (Wildman–Crippen LogP) is 6.38. The lowest BCUT2D eigenvalue weighted by atomic mass is 9.86. The number of hydrogen-bond acceptors (Lipinski definition) is 8. The fourth-order valence-electron chi connectivity index (χ4n) is 4.15. The Morgan fingerprint density at radius 2 is 1.29 bits per heavy atom. The Morgan fingerprint density at radius 1 is 0.822 bits per heavy atom. The summed E-state index contributed by atoms with van der Waals surface area (Å²) in [4.78, 5) is 35.7. The summed E-state index contributed by atoms with van der Waals surface area (Å²) in [5.41, 5.74) is -0.0512. The Balaban J connectivity index is -0.000000254. The zero-order chi connectivity index (χ0) is 30.4. The van der Waals surface area contributed by atoms with E-state index in [2.05, 4.69) is 9.50 Å². The number of carbonyl (C=O) groups excluding carboxylic acids is 3. The zero-order valence-corrected chi connectivity index (χ0v) is 25.8. The number of rotatable bonds is 15. The molecule has 9 nitrogen and oxygen atoms in total. The molecule has 0 aliphatic carbocycles. The minimum Gasteiger partial charge on any atom is -0.373 e. The van der Waals surface area contributed by atoms with Gasteiger partial charge in [-0.15, -0.1) is 0 Å². The minimum absolute atomic E-state index is 0. The second kappa shape index (κ2) is 24.3. The van der Waals surface area contributed by atoms with Gasteiger partial charge < -0.3 is 14.8 Å². The topological polar surface area (TPSA) is 125 Å². The molecule has 0 aliphatic rings. The molecule has 0 fully saturated rings. The number of ketones is 2. The summed E-state index contributed by atoms with van der Waals surface area (Å²) >= 11 is 0. The first-order valence-corrected chi connectivity index (χ1v) is 14.5. The van der Waals surface area contributed by atoms with E-state index in [0.717, 1.165) is 18.2 Å². The van der Waals surface area contributed by atoms with Gasteiger partial charge in [0.1, 0.15) is 11.7 Å². The largest absolute Gasteiger partial charge is 0.373 e. The molecule has 262 valence electrons. The highest BCUT2D eigenvalue weighted by molar-refractivity contribution is 7.86. The van der Waals surface area contributed by atoms with Crippen LogP contribution in [0.5, 0.6) is 0 Å². The fourth-order valence-corrected chi connectivity index (χ4v) is 5.22. The second-order valence-electron chi connectivity index (χ2n) is 10.2. The van der Waals surface area contributed by atoms with Crippen LogP contribution in [0.1, 0.15) is 81.4 Å². The number of ether oxygens (including phenoxy) is 2. The molecule has 1 amide bonds. The third-order valence-corrected chi connectivity index (χ3v) is 7.98. The summed E-state index contributed by atoms with van der Waals surface area (Å²) in [5.74, 6) is -0.801. The van der Waals surface area contributed by atoms with E-state index in [1.807, 2.05) is 60.7 Å². The summed E-state index contributed by atoms with van der Waals surface area (Å²) in [6.07, 6.45) is 0.923. The van der Waals surface area contributed by atoms with Crippen molar-refractivity contribution in [3.63, 3.8) is 0 Å². The molecular formula is C34H60FNO8S. The predicted molar refractivity (Wildman–Crippen MR) is 184 cm³/mol. The molecule has 2 rings (SSSR count). The van der Waals surface area contributed by atoms with Crippen molar-refractivity contribution < 1.29 is 41.2 Å². The number of hydrogen-bond donors (Lipinski definition) is 1. The van der Waals surface area contributed by atoms with Gasteiger partial charge in [-0.05, 0) is 45.2 Å². The quantitative estimate of drug-likeness (QED) is 0.218. The molecule has 0 aliphatic heterocycles. The number of benzene rings is 2. The Hall–Kier alpha value is -2.99. The van der Waals surface area contributed by atoms with Crippen LogP contribution < -0.4 is 5.32 Å². The molecular weight excluding hydrogens is 601 g/mol. The number of carbonyl (C=O) groups is 3. The van der Waals surface area contributed by atoms with Gasteiger partial charge in [0.25, 0.3) is 10.1 Å². The van der Waals surface area contributed by atoms with Gasteiger partial charge in [0.15, 0.2) is 11.6 Å². The number of Topliss-reactive ketones (excluding diaryl/α,β-unsaturated/α-hetero) is 2. The van der Waals surface area contributed by atoms with Crippen LogP contribution in [0.2, 0.25) is 0 Å². The smallest absolute Gasteiger partial charge is 0.269 e. The SMILES string of the molecule is C.C.C.C.COC(CCC(=O)NC(C)(C)CS(=O)(=O)OC)(Cc1ccccc1)C(C)=O.COC(Cc1ccccc1)C(C)=O.F. The first-order valence-electron chi connectivity index (χ1n) is 13.0. The maximum absolute atomic E-state index is 12.4. The van der Waals surface area contributed by atoms with Crippen molar-refractivity contribution >= 4 is 27.6 Å². The maximum Gasteiger partial charge on any atom is 0.269 e. The molecule has 0 bridgehead atoms. The van der Waals surface area contributed by atoms with E-state index in [0.29, 0.717) is 12.8 Å². The Morgan fingerprint density at radius 3 is 1.67 bits per heavy atom. The Labute approximate surface area is 272 Å². The average molecular weight is 662 g/mol. The van der Waals surface area contributed by atoms with Gasteiger partial charge in [-0.25, -0.2) is 0 Å². The zero-order valence-electron chi connectivity index (χ0n) is 25.0. The summed E-state index contributed by atoms with van der Waals surface area (Å²) in [6.45, 7) is 6.19. The van der Waals surface area contributed by atoms with Crippen LogP contribution >= 0.6 is 0 Å². The van der Waals surface area contributed by atoms with Gasteiger partial charge in [0, 0.05) is 33.5 Å². The van der Waals surface area contributed by atoms with E-state index in [9.17, 15) is 22.8 Å². The third-order valence-electron chi connectivity index (χ3n) is 6.39. The second-order valence-corrected chi connectivity index (χ2v) is 12.0. The van der Waals surface area contributed by atoms with Crippen molar-refractivity contribution in [2.75, 3.05) is 27.1 Å². The van der Waals surface area contributed by atoms with Crippen molar-refractivity contribution in [3.8, 4) is 0 Å². The summed E-state index contributed by atoms with van der Waals surface area (Å²) in [7, 11) is 0.382. The van der Waals surface area contributed by atoms with Crippen molar-refractivity contribution in [1.29, 1.82) is 0 Å². The lowest BCUT2D eigenvalue weighted by molar-refractivity contribution is -0.140. The molecule has 0 heterocycles. The van der Waals surface area contributed by atoms with E-state index >= 15 is 0 Å². The standard InChI is InChI=1S/C19H29NO6S.C11H14O2.4CH4.FH/c1-15(21)19(25-4,13-16-9-7-6-8-10-16)12-11-17(22)20-18(2,3)14-27(23,24)26-5;1-9(12)11(13-2)8-10-6-4-3-5-7-10;;;;;/h6-10H,11-14H2,1-5H3,(H,20,22);3-7,11H,8H2,1-2H3;4*1H4;1H. The highest BCUT2D eigenvalue weighted by Crippen LogP contribution is 2.25. The molecule has 0 spiro atoms. The first kappa shape index (κ1) is 51.6. The molecule has 1 N–H and O–H groups in total. The molecule has 11 heteroatoms. The third kappa shape index (κ3) is 19.2. The van der Waals surface area contributed by atoms with Gasteiger partial charge in [0.05, 0.1) is 18.4 Å². The van der Waals surface area contributed by atoms with Crippen LogP contribution in [0.25, 0.3) is 0 Å². The molecule has 0 aromatic heterocycles. The number of nitrogens with one attached hydrogen (secondary N) is 1. The van der Waals surface area contributed by atoms with Crippen LogP contribution in [-0.4, -0.2) is 70.2 Å². The van der Waals surface area contributed by atoms with Crippen molar-refractivity contribution in [1.82, 2.24) is 5.32 Å². The molecule has 2 aromatic carbocycles. The van der Waals surface area contributed by atoms with Crippen molar-refractivity contribution in [2.24, 2.45) is 0 Å². The van der Waals surface area contributed by atoms with Crippen LogP contribution in [0.15, 0.2) is 60.7 Å². The van der Waals surface area contributed by atoms with Gasteiger partial charge in [0.2, 0.25) is 5.91 Å². The van der Waals surface area contributed by atoms with Gasteiger partial charge in [-0.1, -0.05) is 90.4 Å². The Kier molecular flexibility index (Phi) is 27.8. The highest BCUT2D eigenvalue weighted by atomic mass is 32.2. The van der Waals surface area contributed by atoms with E-state index in [4.69, 9.17) is 9.47 Å². The fraction of sp³-hybridized carbons (Fsp3) is 0.559. The molecule has 0 radical (unpaired) electrons. The minimum atomic E-state index is -3.72. The Bertz CT molecular complexity index is 1190. The first-order chi connectivity index (χ1) is 18.7. The van der Waals surface area contributed by atoms with Crippen LogP contribution in [0.4, 0.5) is 4.70 Å². The van der Waals surface area contributed by atoms with Crippen LogP contribution in [0.3, 0.4) is 0 Å². The van der Waals surface area contributed by atoms with E-state index in [1.165, 1.54) is 14.0 Å². The van der Waals surface area contributed by atoms with Crippen LogP contribution in [-0.2, 0) is 51.0 Å². The summed E-state index contributed by atoms with van der Waals surface area (Å²) in [5, 5.41) is 2.68. The van der Waals surface area contributed by atoms with Gasteiger partial charge >= 0.3 is 0 Å². The lowest BCUT2D eigenvalue weighted by Crippen LogP contribution is -2.49. The van der Waals surface area contributed by atoms with Gasteiger partial charge in [-0.2, -0.15) is 8.42 Å². The van der Waals surface area contributed by atoms with Crippen LogP contribution in [0, 0.1) is 0 Å². The van der Waals surface area contributed by atoms with Crippen molar-refractivity contribution in [3.05, 3.63) is 71.8 Å². The number of amides is 1. The molecule has 2 aromatic rings. The highest BCUT2D eigenvalue weighted by Gasteiger charge is 2.37. The normalized spacial score (nSPS) is 12.2. The average Bonchev–Trinajstić information content (AvgIpc) is 2.90. The number of halogens is 1. The summed E-state index contributed by atoms with van der Waals surface area (Å²) in [6, 6.07) is 19.3. The van der Waals surface area contributed by atoms with E-state index in [-0.39, 0.29) is 76.6 Å². The molecule has 2 atom stereocenters. The molecule has 0 saturated heterocycles. The lowest BCUT2D eigenvalue weighted by Gasteiger charge is -2.31. The molecule has 2 unspecified atom stereocenters. The van der Waals surface area contributed by atoms with Gasteiger partial charge in [-0.3, -0.25) is 23.3 Å². The summed E-state index contributed by atoms with van der Waals surface area (Å²) < 4.78 is 38.3.